The molecule has 0 heterocycles. The van der Waals surface area contributed by atoms with E-state index in [4.69, 9.17) is 0 Å². The van der Waals surface area contributed by atoms with E-state index in [0.717, 1.165) is 0 Å². The van der Waals surface area contributed by atoms with Crippen LogP contribution in [0.5, 0.6) is 0 Å². The average molecular weight is 555 g/mol. The molecule has 0 nitrogen and oxygen atoms in total. The van der Waals surface area contributed by atoms with E-state index in [-0.39, 0.29) is 10.8 Å². The van der Waals surface area contributed by atoms with Crippen LogP contribution >= 0.6 is 0 Å². The first-order chi connectivity index (χ1) is 20.7. The van der Waals surface area contributed by atoms with Crippen LogP contribution in [0.2, 0.25) is 0 Å². The molecule has 0 heteroatoms. The van der Waals surface area contributed by atoms with Crippen molar-refractivity contribution in [1.29, 1.82) is 0 Å². The Morgan fingerprint density at radius 3 is 1.65 bits per heavy atom. The zero-order valence-electron chi connectivity index (χ0n) is 25.8. The largest absolute Gasteiger partial charge is 0.0626 e. The lowest BCUT2D eigenvalue weighted by Crippen LogP contribution is -2.20. The van der Waals surface area contributed by atoms with Crippen molar-refractivity contribution in [2.45, 2.75) is 45.4 Å². The van der Waals surface area contributed by atoms with Gasteiger partial charge in [0.15, 0.2) is 0 Å². The van der Waals surface area contributed by atoms with E-state index < -0.39 is 0 Å². The lowest BCUT2D eigenvalue weighted by molar-refractivity contribution is 0.623. The Kier molecular flexibility index (Phi) is 6.47. The van der Waals surface area contributed by atoms with Crippen molar-refractivity contribution in [3.63, 3.8) is 0 Å². The van der Waals surface area contributed by atoms with E-state index in [1.54, 1.807) is 0 Å². The summed E-state index contributed by atoms with van der Waals surface area (Å²) in [5, 5.41) is 0. The Morgan fingerprint density at radius 1 is 0.465 bits per heavy atom. The number of fused-ring (bicyclic) bond motifs is 4. The van der Waals surface area contributed by atoms with Gasteiger partial charge in [-0.2, -0.15) is 0 Å². The fraction of sp³-hybridized carbons (Fsp3) is 0.163. The van der Waals surface area contributed by atoms with Crippen LogP contribution in [0.1, 0.15) is 62.4 Å². The zero-order valence-corrected chi connectivity index (χ0v) is 25.8. The van der Waals surface area contributed by atoms with Crippen LogP contribution in [0.25, 0.3) is 45.0 Å². The minimum atomic E-state index is -0.0629. The van der Waals surface area contributed by atoms with Gasteiger partial charge in [-0.25, -0.2) is 0 Å². The van der Waals surface area contributed by atoms with Gasteiger partial charge in [-0.3, -0.25) is 0 Å². The average Bonchev–Trinajstić information content (AvgIpc) is 3.28. The predicted molar refractivity (Wildman–Crippen MR) is 185 cm³/mol. The SMILES string of the molecule is C\C1=C/C(c2ccc(-c3ccc4c(c3)C(C)(C)c3cc(-c5ccccc5)ccc3-4)cc2)=C\C=C\c2ccccc2C1(C)C. The minimum Gasteiger partial charge on any atom is -0.0626 e. The molecule has 0 radical (unpaired) electrons. The number of benzene rings is 5. The summed E-state index contributed by atoms with van der Waals surface area (Å²) >= 11 is 0. The van der Waals surface area contributed by atoms with E-state index in [9.17, 15) is 0 Å². The van der Waals surface area contributed by atoms with E-state index in [2.05, 4.69) is 174 Å². The first kappa shape index (κ1) is 27.2. The van der Waals surface area contributed by atoms with Gasteiger partial charge in [0.05, 0.1) is 0 Å². The third-order valence-corrected chi connectivity index (χ3v) is 9.88. The summed E-state index contributed by atoms with van der Waals surface area (Å²) in [5.74, 6) is 0. The van der Waals surface area contributed by atoms with Crippen LogP contribution in [0.4, 0.5) is 0 Å². The molecular formula is C43H38. The van der Waals surface area contributed by atoms with Crippen molar-refractivity contribution < 1.29 is 0 Å². The molecule has 43 heavy (non-hydrogen) atoms. The van der Waals surface area contributed by atoms with Crippen LogP contribution in [-0.4, -0.2) is 0 Å². The number of hydrogen-bond donors (Lipinski definition) is 0. The first-order valence-electron chi connectivity index (χ1n) is 15.4. The number of allylic oxidation sites excluding steroid dienone is 5. The first-order valence-corrected chi connectivity index (χ1v) is 15.4. The molecule has 0 atom stereocenters. The molecule has 2 aliphatic rings. The van der Waals surface area contributed by atoms with Gasteiger partial charge in [0.25, 0.3) is 0 Å². The lowest BCUT2D eigenvalue weighted by Gasteiger charge is -2.28. The Balaban J connectivity index is 1.21. The van der Waals surface area contributed by atoms with Gasteiger partial charge < -0.3 is 0 Å². The molecule has 0 bridgehead atoms. The predicted octanol–water partition coefficient (Wildman–Crippen LogP) is 11.7. The molecule has 0 saturated carbocycles. The highest BCUT2D eigenvalue weighted by atomic mass is 14.4. The maximum Gasteiger partial charge on any atom is 0.0159 e. The number of rotatable bonds is 3. The normalized spacial score (nSPS) is 19.3. The van der Waals surface area contributed by atoms with Crippen molar-refractivity contribution in [3.05, 3.63) is 167 Å². The van der Waals surface area contributed by atoms with Gasteiger partial charge in [-0.1, -0.05) is 161 Å². The quantitative estimate of drug-likeness (QED) is 0.208. The van der Waals surface area contributed by atoms with E-state index in [1.165, 1.54) is 72.3 Å². The van der Waals surface area contributed by atoms with Crippen LogP contribution < -0.4 is 0 Å². The molecule has 0 aromatic heterocycles. The molecule has 5 aromatic rings. The van der Waals surface area contributed by atoms with E-state index >= 15 is 0 Å². The van der Waals surface area contributed by atoms with Gasteiger partial charge >= 0.3 is 0 Å². The van der Waals surface area contributed by atoms with E-state index in [1.807, 2.05) is 0 Å². The highest BCUT2D eigenvalue weighted by Gasteiger charge is 2.36. The lowest BCUT2D eigenvalue weighted by atomic mass is 9.75. The van der Waals surface area contributed by atoms with Crippen LogP contribution in [0.15, 0.2) is 139 Å². The van der Waals surface area contributed by atoms with Gasteiger partial charge in [0.2, 0.25) is 0 Å². The maximum absolute atomic E-state index is 2.41. The second kappa shape index (κ2) is 10.2. The molecule has 0 N–H and O–H groups in total. The smallest absolute Gasteiger partial charge is 0.0159 e. The Morgan fingerprint density at radius 2 is 1.00 bits per heavy atom. The van der Waals surface area contributed by atoms with Crippen LogP contribution in [0, 0.1) is 0 Å². The second-order valence-electron chi connectivity index (χ2n) is 13.1. The molecule has 5 aromatic carbocycles. The third kappa shape index (κ3) is 4.63. The molecule has 0 spiro atoms. The van der Waals surface area contributed by atoms with Crippen molar-refractivity contribution in [1.82, 2.24) is 0 Å². The highest BCUT2D eigenvalue weighted by molar-refractivity contribution is 5.86. The third-order valence-electron chi connectivity index (χ3n) is 9.88. The maximum atomic E-state index is 2.41. The molecule has 7 rings (SSSR count). The Hall–Kier alpha value is -4.68. The molecule has 2 aliphatic carbocycles. The van der Waals surface area contributed by atoms with Gasteiger partial charge in [-0.05, 0) is 85.8 Å². The highest BCUT2D eigenvalue weighted by Crippen LogP contribution is 2.50. The number of hydrogen-bond acceptors (Lipinski definition) is 0. The van der Waals surface area contributed by atoms with Crippen molar-refractivity contribution in [2.24, 2.45) is 0 Å². The molecular weight excluding hydrogens is 516 g/mol. The molecule has 0 saturated heterocycles. The molecule has 0 amide bonds. The molecule has 210 valence electrons. The Labute approximate surface area is 256 Å². The topological polar surface area (TPSA) is 0 Å². The summed E-state index contributed by atoms with van der Waals surface area (Å²) in [7, 11) is 0. The zero-order chi connectivity index (χ0) is 29.8. The molecule has 0 aliphatic heterocycles. The summed E-state index contributed by atoms with van der Waals surface area (Å²) in [6, 6.07) is 42.6. The fourth-order valence-corrected chi connectivity index (χ4v) is 6.90. The summed E-state index contributed by atoms with van der Waals surface area (Å²) in [4.78, 5) is 0. The Bertz CT molecular complexity index is 1940. The summed E-state index contributed by atoms with van der Waals surface area (Å²) in [6.45, 7) is 11.6. The molecule has 0 unspecified atom stereocenters. The van der Waals surface area contributed by atoms with Gasteiger partial charge in [0.1, 0.15) is 0 Å². The van der Waals surface area contributed by atoms with Crippen LogP contribution in [-0.2, 0) is 10.8 Å². The fourth-order valence-electron chi connectivity index (χ4n) is 6.90. The summed E-state index contributed by atoms with van der Waals surface area (Å²) in [6.07, 6.45) is 9.04. The van der Waals surface area contributed by atoms with Gasteiger partial charge in [-0.15, -0.1) is 0 Å². The van der Waals surface area contributed by atoms with Crippen molar-refractivity contribution in [2.75, 3.05) is 0 Å². The van der Waals surface area contributed by atoms with Crippen molar-refractivity contribution >= 4 is 11.6 Å². The van der Waals surface area contributed by atoms with Crippen LogP contribution in [0.3, 0.4) is 0 Å². The summed E-state index contributed by atoms with van der Waals surface area (Å²) in [5.41, 5.74) is 16.9. The molecule has 0 fully saturated rings. The standard InChI is InChI=1S/C43H38/c1-29-26-34(16-11-15-33-14-9-10-17-39(33)42(29,2)3)31-18-20-32(21-19-31)36-23-25-38-37-24-22-35(30-12-7-6-8-13-30)27-40(37)43(4,5)41(38)28-36/h6-28H,1-5H3/b15-11+,29-26+,34-16+. The minimum absolute atomic E-state index is 0.0546. The van der Waals surface area contributed by atoms with E-state index in [0.29, 0.717) is 0 Å². The van der Waals surface area contributed by atoms with Crippen molar-refractivity contribution in [3.8, 4) is 33.4 Å². The monoisotopic (exact) mass is 554 g/mol. The summed E-state index contributed by atoms with van der Waals surface area (Å²) < 4.78 is 0. The van der Waals surface area contributed by atoms with Gasteiger partial charge in [0, 0.05) is 10.8 Å². The second-order valence-corrected chi connectivity index (χ2v) is 13.1.